The lowest BCUT2D eigenvalue weighted by molar-refractivity contribution is -0.122. The third kappa shape index (κ3) is 8.00. The zero-order valence-electron chi connectivity index (χ0n) is 20.7. The van der Waals surface area contributed by atoms with E-state index in [1.165, 1.54) is 13.4 Å². The quantitative estimate of drug-likeness (QED) is 0.616. The van der Waals surface area contributed by atoms with Gasteiger partial charge in [-0.2, -0.15) is 0 Å². The van der Waals surface area contributed by atoms with Crippen LogP contribution in [0, 0.1) is 11.8 Å². The first-order valence-corrected chi connectivity index (χ1v) is 11.7. The topological polar surface area (TPSA) is 151 Å². The van der Waals surface area contributed by atoms with Crippen molar-refractivity contribution in [2.75, 3.05) is 7.11 Å². The first kappa shape index (κ1) is 27.1. The number of hydrogen-bond donors (Lipinski definition) is 2. The highest BCUT2D eigenvalue weighted by atomic mass is 16.5. The van der Waals surface area contributed by atoms with Crippen molar-refractivity contribution in [3.8, 4) is 11.6 Å². The lowest BCUT2D eigenvalue weighted by atomic mass is 10.0. The van der Waals surface area contributed by atoms with Gasteiger partial charge in [-0.3, -0.25) is 9.59 Å². The lowest BCUT2D eigenvalue weighted by Gasteiger charge is -2.19. The van der Waals surface area contributed by atoms with Crippen LogP contribution in [0.2, 0.25) is 0 Å². The number of methoxy groups -OCH3 is 1. The molecule has 0 fully saturated rings. The van der Waals surface area contributed by atoms with Gasteiger partial charge >= 0.3 is 5.97 Å². The third-order valence-corrected chi connectivity index (χ3v) is 5.23. The number of carbonyl (C=O) groups excluding carboxylic acids is 3. The highest BCUT2D eigenvalue weighted by Crippen LogP contribution is 2.31. The number of carbonyl (C=O) groups is 3. The van der Waals surface area contributed by atoms with E-state index in [-0.39, 0.29) is 35.4 Å². The van der Waals surface area contributed by atoms with Crippen LogP contribution in [0.15, 0.2) is 15.1 Å². The molecule has 2 bridgehead atoms. The second-order valence-corrected chi connectivity index (χ2v) is 9.12. The number of aromatic nitrogens is 2. The van der Waals surface area contributed by atoms with Crippen molar-refractivity contribution in [1.29, 1.82) is 0 Å². The Morgan fingerprint density at radius 3 is 2.38 bits per heavy atom. The van der Waals surface area contributed by atoms with Crippen LogP contribution >= 0.6 is 0 Å². The highest BCUT2D eigenvalue weighted by molar-refractivity contribution is 5.87. The number of aryl methyl sites for hydroxylation is 1. The minimum atomic E-state index is -0.575. The molecule has 2 aromatic heterocycles. The van der Waals surface area contributed by atoms with Crippen LogP contribution in [-0.4, -0.2) is 34.9 Å². The van der Waals surface area contributed by atoms with E-state index in [9.17, 15) is 14.4 Å². The summed E-state index contributed by atoms with van der Waals surface area (Å²) in [5.74, 6) is 1.02. The van der Waals surface area contributed by atoms with Crippen LogP contribution in [-0.2, 0) is 20.7 Å². The molecule has 1 atom stereocenters. The molecule has 1 unspecified atom stereocenters. The summed E-state index contributed by atoms with van der Waals surface area (Å²) in [6.45, 7) is 7.93. The predicted octanol–water partition coefficient (Wildman–Crippen LogP) is 3.95. The first-order chi connectivity index (χ1) is 16.1. The number of rotatable bonds is 5. The van der Waals surface area contributed by atoms with Crippen LogP contribution in [0.25, 0.3) is 11.6 Å². The zero-order chi connectivity index (χ0) is 25.3. The molecule has 0 radical (unpaired) electrons. The van der Waals surface area contributed by atoms with Crippen LogP contribution < -0.4 is 11.1 Å². The third-order valence-electron chi connectivity index (χ3n) is 5.23. The number of nitrogens with two attached hydrogens (primary N) is 1. The van der Waals surface area contributed by atoms with E-state index >= 15 is 0 Å². The van der Waals surface area contributed by atoms with E-state index < -0.39 is 5.97 Å². The van der Waals surface area contributed by atoms with Gasteiger partial charge in [0.25, 0.3) is 0 Å². The fraction of sp³-hybridized carbons (Fsp3) is 0.625. The number of ether oxygens (including phenoxy) is 1. The Morgan fingerprint density at radius 2 is 1.82 bits per heavy atom. The van der Waals surface area contributed by atoms with Crippen molar-refractivity contribution >= 4 is 17.8 Å². The maximum absolute atomic E-state index is 12.2. The normalized spacial score (nSPS) is 16.7. The minimum Gasteiger partial charge on any atom is -0.464 e. The Hall–Kier alpha value is -3.17. The summed E-state index contributed by atoms with van der Waals surface area (Å²) in [5.41, 5.74) is 5.40. The number of primary amides is 1. The number of oxazole rings is 2. The van der Waals surface area contributed by atoms with Gasteiger partial charge in [0.15, 0.2) is 11.4 Å². The molecule has 3 heterocycles. The Kier molecular flexibility index (Phi) is 10.3. The van der Waals surface area contributed by atoms with Crippen molar-refractivity contribution in [3.05, 3.63) is 23.6 Å². The second kappa shape index (κ2) is 12.9. The van der Waals surface area contributed by atoms with Crippen molar-refractivity contribution in [1.82, 2.24) is 15.3 Å². The van der Waals surface area contributed by atoms with Crippen molar-refractivity contribution in [2.45, 2.75) is 78.7 Å². The fourth-order valence-corrected chi connectivity index (χ4v) is 3.51. The Bertz CT molecular complexity index is 963. The maximum Gasteiger partial charge on any atom is 0.360 e. The van der Waals surface area contributed by atoms with Gasteiger partial charge in [-0.05, 0) is 24.7 Å². The molecule has 34 heavy (non-hydrogen) atoms. The molecule has 10 nitrogen and oxygen atoms in total. The summed E-state index contributed by atoms with van der Waals surface area (Å²) < 4.78 is 16.1. The van der Waals surface area contributed by atoms with Gasteiger partial charge in [0, 0.05) is 19.3 Å². The lowest BCUT2D eigenvalue weighted by Crippen LogP contribution is -2.31. The Labute approximate surface area is 200 Å². The van der Waals surface area contributed by atoms with Crippen LogP contribution in [0.1, 0.15) is 94.4 Å². The first-order valence-electron chi connectivity index (χ1n) is 11.7. The summed E-state index contributed by atoms with van der Waals surface area (Å²) in [6.07, 6.45) is 6.72. The van der Waals surface area contributed by atoms with Gasteiger partial charge in [0.1, 0.15) is 18.1 Å². The number of nitrogens with zero attached hydrogens (tertiary/aromatic N) is 2. The summed E-state index contributed by atoms with van der Waals surface area (Å²) >= 11 is 0. The standard InChI is InChI=1S/C19H25N3O5.C5H11NO/c1-11(2)15-18-22-16(17-20-12(10-26-17)19(24)25-3)13(27-18)8-6-4-5-7-9-14(23)21-15;1-4(2)3-5(6)7/h10-11,15H,4-9H2,1-3H3,(H,21,23);4H,3H2,1-2H3,(H2,6,7). The molecule has 10 heteroatoms. The number of amides is 2. The van der Waals surface area contributed by atoms with Gasteiger partial charge in [0.2, 0.25) is 23.6 Å². The van der Waals surface area contributed by atoms with Gasteiger partial charge in [-0.25, -0.2) is 14.8 Å². The molecule has 1 aliphatic rings. The van der Waals surface area contributed by atoms with Crippen molar-refractivity contribution < 1.29 is 28.0 Å². The second-order valence-electron chi connectivity index (χ2n) is 9.12. The van der Waals surface area contributed by atoms with Crippen LogP contribution in [0.3, 0.4) is 0 Å². The molecular formula is C24H36N4O6. The molecule has 0 aliphatic carbocycles. The average Bonchev–Trinajstić information content (AvgIpc) is 3.39. The van der Waals surface area contributed by atoms with Crippen molar-refractivity contribution in [2.24, 2.45) is 17.6 Å². The molecule has 2 aromatic rings. The van der Waals surface area contributed by atoms with Gasteiger partial charge in [-0.15, -0.1) is 0 Å². The number of esters is 1. The molecule has 3 rings (SSSR count). The van der Waals surface area contributed by atoms with Crippen LogP contribution in [0.4, 0.5) is 0 Å². The highest BCUT2D eigenvalue weighted by Gasteiger charge is 2.28. The summed E-state index contributed by atoms with van der Waals surface area (Å²) in [6, 6.07) is -0.334. The number of hydrogen-bond acceptors (Lipinski definition) is 8. The smallest absolute Gasteiger partial charge is 0.360 e. The minimum absolute atomic E-state index is 0.000301. The van der Waals surface area contributed by atoms with E-state index in [1.54, 1.807) is 0 Å². The SMILES string of the molecule is CC(C)CC(N)=O.COC(=O)c1coc(-c2nc3oc2CCCCCCC(=O)NC3C(C)C)n1. The molecular weight excluding hydrogens is 440 g/mol. The Morgan fingerprint density at radius 1 is 1.15 bits per heavy atom. The molecule has 1 aliphatic heterocycles. The Balaban J connectivity index is 0.000000509. The van der Waals surface area contributed by atoms with E-state index in [4.69, 9.17) is 14.6 Å². The summed E-state index contributed by atoms with van der Waals surface area (Å²) in [7, 11) is 1.29. The van der Waals surface area contributed by atoms with Gasteiger partial charge in [-0.1, -0.05) is 40.5 Å². The maximum atomic E-state index is 12.2. The van der Waals surface area contributed by atoms with E-state index in [2.05, 4.69) is 20.0 Å². The largest absolute Gasteiger partial charge is 0.464 e. The van der Waals surface area contributed by atoms with E-state index in [1.807, 2.05) is 27.7 Å². The summed E-state index contributed by atoms with van der Waals surface area (Å²) in [5, 5.41) is 3.02. The molecule has 0 saturated heterocycles. The molecule has 0 saturated carbocycles. The van der Waals surface area contributed by atoms with E-state index in [0.717, 1.165) is 25.7 Å². The van der Waals surface area contributed by atoms with E-state index in [0.29, 0.717) is 42.5 Å². The van der Waals surface area contributed by atoms with Crippen LogP contribution in [0.5, 0.6) is 0 Å². The van der Waals surface area contributed by atoms with Gasteiger partial charge in [0.05, 0.1) is 7.11 Å². The number of fused-ring (bicyclic) bond motifs is 2. The fourth-order valence-electron chi connectivity index (χ4n) is 3.51. The molecule has 0 spiro atoms. The zero-order valence-corrected chi connectivity index (χ0v) is 20.7. The molecule has 0 aromatic carbocycles. The monoisotopic (exact) mass is 476 g/mol. The van der Waals surface area contributed by atoms with Crippen molar-refractivity contribution in [3.63, 3.8) is 0 Å². The molecule has 2 amide bonds. The number of nitrogens with one attached hydrogen (secondary N) is 1. The van der Waals surface area contributed by atoms with Gasteiger partial charge < -0.3 is 24.6 Å². The predicted molar refractivity (Wildman–Crippen MR) is 124 cm³/mol. The average molecular weight is 477 g/mol. The molecule has 188 valence electrons. The molecule has 3 N–H and O–H groups in total. The summed E-state index contributed by atoms with van der Waals surface area (Å²) in [4.78, 5) is 42.7.